The minimum atomic E-state index is -1.17. The molecule has 0 radical (unpaired) electrons. The number of pyridine rings is 1. The van der Waals surface area contributed by atoms with E-state index >= 15 is 0 Å². The largest absolute Gasteiger partial charge is 0.478 e. The van der Waals surface area contributed by atoms with Crippen LogP contribution in [0, 0.1) is 11.7 Å². The van der Waals surface area contributed by atoms with Crippen molar-refractivity contribution in [1.29, 1.82) is 0 Å². The molecule has 0 aromatic carbocycles. The minimum Gasteiger partial charge on any atom is -0.478 e. The highest BCUT2D eigenvalue weighted by atomic mass is 32.1. The molecule has 2 aromatic rings. The SMILES string of the molecule is Cc1cc(C(=O)O)c2c(=O)[nH]c(=S)n(C[C@H]3CCCO3)c2n1. The smallest absolute Gasteiger partial charge is 0.336 e. The summed E-state index contributed by atoms with van der Waals surface area (Å²) in [6.45, 7) is 2.83. The van der Waals surface area contributed by atoms with Crippen molar-refractivity contribution in [2.24, 2.45) is 0 Å². The lowest BCUT2D eigenvalue weighted by Crippen LogP contribution is -2.23. The van der Waals surface area contributed by atoms with Gasteiger partial charge in [-0.3, -0.25) is 14.3 Å². The summed E-state index contributed by atoms with van der Waals surface area (Å²) in [7, 11) is 0. The second kappa shape index (κ2) is 5.62. The third kappa shape index (κ3) is 2.55. The molecule has 1 aliphatic rings. The summed E-state index contributed by atoms with van der Waals surface area (Å²) in [5, 5.41) is 9.38. The Labute approximate surface area is 130 Å². The molecule has 1 atom stereocenters. The van der Waals surface area contributed by atoms with Crippen molar-refractivity contribution < 1.29 is 14.6 Å². The molecule has 1 aliphatic heterocycles. The highest BCUT2D eigenvalue weighted by Gasteiger charge is 2.21. The van der Waals surface area contributed by atoms with Crippen LogP contribution in [0.3, 0.4) is 0 Å². The number of carboxylic acid groups (broad SMARTS) is 1. The first-order chi connectivity index (χ1) is 10.5. The average Bonchev–Trinajstić information content (AvgIpc) is 2.95. The molecule has 7 nitrogen and oxygen atoms in total. The van der Waals surface area contributed by atoms with Crippen LogP contribution in [0.2, 0.25) is 0 Å². The minimum absolute atomic E-state index is 0.00334. The van der Waals surface area contributed by atoms with Gasteiger partial charge in [0.1, 0.15) is 5.65 Å². The number of hydrogen-bond acceptors (Lipinski definition) is 5. The Balaban J connectivity index is 2.29. The van der Waals surface area contributed by atoms with Crippen molar-refractivity contribution in [2.75, 3.05) is 6.61 Å². The first-order valence-corrected chi connectivity index (χ1v) is 7.37. The zero-order valence-electron chi connectivity index (χ0n) is 12.0. The van der Waals surface area contributed by atoms with E-state index in [4.69, 9.17) is 17.0 Å². The van der Waals surface area contributed by atoms with Gasteiger partial charge in [-0.05, 0) is 38.0 Å². The van der Waals surface area contributed by atoms with Gasteiger partial charge in [-0.15, -0.1) is 0 Å². The average molecular weight is 321 g/mol. The fourth-order valence-electron chi connectivity index (χ4n) is 2.73. The summed E-state index contributed by atoms with van der Waals surface area (Å²) >= 11 is 5.22. The van der Waals surface area contributed by atoms with Gasteiger partial charge in [-0.2, -0.15) is 0 Å². The fourth-order valence-corrected chi connectivity index (χ4v) is 2.98. The predicted molar refractivity (Wildman–Crippen MR) is 81.9 cm³/mol. The van der Waals surface area contributed by atoms with Crippen LogP contribution in [-0.2, 0) is 11.3 Å². The van der Waals surface area contributed by atoms with E-state index in [1.54, 1.807) is 11.5 Å². The lowest BCUT2D eigenvalue weighted by molar-refractivity contribution is 0.0698. The first-order valence-electron chi connectivity index (χ1n) is 6.96. The molecule has 116 valence electrons. The lowest BCUT2D eigenvalue weighted by atomic mass is 10.1. The third-order valence-electron chi connectivity index (χ3n) is 3.72. The van der Waals surface area contributed by atoms with Gasteiger partial charge in [0.05, 0.1) is 23.6 Å². The Kier molecular flexibility index (Phi) is 3.79. The van der Waals surface area contributed by atoms with Crippen molar-refractivity contribution in [3.05, 3.63) is 32.4 Å². The van der Waals surface area contributed by atoms with E-state index in [-0.39, 0.29) is 21.8 Å². The maximum atomic E-state index is 12.2. The maximum absolute atomic E-state index is 12.2. The number of nitrogens with one attached hydrogen (secondary N) is 1. The molecule has 3 rings (SSSR count). The summed E-state index contributed by atoms with van der Waals surface area (Å²) in [5.74, 6) is -1.17. The van der Waals surface area contributed by atoms with E-state index in [0.29, 0.717) is 24.5 Å². The highest BCUT2D eigenvalue weighted by molar-refractivity contribution is 7.71. The first kappa shape index (κ1) is 14.9. The summed E-state index contributed by atoms with van der Waals surface area (Å²) in [6, 6.07) is 1.39. The Morgan fingerprint density at radius 1 is 1.64 bits per heavy atom. The van der Waals surface area contributed by atoms with Crippen LogP contribution in [0.4, 0.5) is 0 Å². The fraction of sp³-hybridized carbons (Fsp3) is 0.429. The lowest BCUT2D eigenvalue weighted by Gasteiger charge is -2.15. The van der Waals surface area contributed by atoms with Crippen LogP contribution in [0.1, 0.15) is 28.9 Å². The van der Waals surface area contributed by atoms with Crippen molar-refractivity contribution in [3.8, 4) is 0 Å². The number of carbonyl (C=O) groups is 1. The number of rotatable bonds is 3. The highest BCUT2D eigenvalue weighted by Crippen LogP contribution is 2.19. The van der Waals surface area contributed by atoms with Crippen molar-refractivity contribution in [2.45, 2.75) is 32.4 Å². The Morgan fingerprint density at radius 2 is 2.41 bits per heavy atom. The molecule has 0 spiro atoms. The number of fused-ring (bicyclic) bond motifs is 1. The van der Waals surface area contributed by atoms with Crippen molar-refractivity contribution in [3.63, 3.8) is 0 Å². The molecule has 0 saturated carbocycles. The van der Waals surface area contributed by atoms with E-state index < -0.39 is 11.5 Å². The maximum Gasteiger partial charge on any atom is 0.336 e. The number of nitrogens with zero attached hydrogens (tertiary/aromatic N) is 2. The summed E-state index contributed by atoms with van der Waals surface area (Å²) in [4.78, 5) is 30.4. The molecule has 1 fully saturated rings. The molecule has 0 aliphatic carbocycles. The van der Waals surface area contributed by atoms with Gasteiger partial charge in [-0.25, -0.2) is 9.78 Å². The topological polar surface area (TPSA) is 97.2 Å². The Morgan fingerprint density at radius 3 is 3.05 bits per heavy atom. The van der Waals surface area contributed by atoms with E-state index in [1.165, 1.54) is 6.07 Å². The van der Waals surface area contributed by atoms with Gasteiger partial charge in [0.2, 0.25) is 0 Å². The van der Waals surface area contributed by atoms with Gasteiger partial charge in [0.15, 0.2) is 4.77 Å². The molecule has 0 amide bonds. The predicted octanol–water partition coefficient (Wildman–Crippen LogP) is 1.64. The zero-order chi connectivity index (χ0) is 15.9. The molecule has 0 bridgehead atoms. The summed E-state index contributed by atoms with van der Waals surface area (Å²) in [5.41, 5.74) is 0.209. The standard InChI is InChI=1S/C14H15N3O4S/c1-7-5-9(13(19)20)10-11(15-7)17(14(22)16-12(10)18)6-8-3-2-4-21-8/h5,8H,2-4,6H2,1H3,(H,19,20)(H,16,18,22)/t8-/m1/s1. The number of aromatic amines is 1. The summed E-state index contributed by atoms with van der Waals surface area (Å²) in [6.07, 6.45) is 1.88. The molecule has 8 heteroatoms. The Bertz CT molecular complexity index is 865. The zero-order valence-corrected chi connectivity index (χ0v) is 12.8. The molecule has 22 heavy (non-hydrogen) atoms. The monoisotopic (exact) mass is 321 g/mol. The van der Waals surface area contributed by atoms with Gasteiger partial charge in [0.25, 0.3) is 5.56 Å². The van der Waals surface area contributed by atoms with Crippen molar-refractivity contribution >= 4 is 29.2 Å². The Hall–Kier alpha value is -2.06. The number of H-pyrrole nitrogens is 1. The van der Waals surface area contributed by atoms with Crippen LogP contribution in [0.25, 0.3) is 11.0 Å². The van der Waals surface area contributed by atoms with E-state index in [9.17, 15) is 14.7 Å². The van der Waals surface area contributed by atoms with Crippen molar-refractivity contribution in [1.82, 2.24) is 14.5 Å². The van der Waals surface area contributed by atoms with E-state index in [2.05, 4.69) is 9.97 Å². The number of carboxylic acids is 1. The molecular weight excluding hydrogens is 306 g/mol. The molecule has 2 aromatic heterocycles. The summed E-state index contributed by atoms with van der Waals surface area (Å²) < 4.78 is 7.47. The number of hydrogen-bond donors (Lipinski definition) is 2. The quantitative estimate of drug-likeness (QED) is 0.834. The van der Waals surface area contributed by atoms with E-state index in [0.717, 1.165) is 12.8 Å². The third-order valence-corrected chi connectivity index (χ3v) is 4.04. The number of aromatic nitrogens is 3. The van der Waals surface area contributed by atoms with Gasteiger partial charge in [0, 0.05) is 12.3 Å². The van der Waals surface area contributed by atoms with Gasteiger partial charge >= 0.3 is 5.97 Å². The second-order valence-corrected chi connectivity index (χ2v) is 5.71. The number of aromatic carboxylic acids is 1. The normalized spacial score (nSPS) is 18.0. The number of ether oxygens (including phenoxy) is 1. The molecule has 3 heterocycles. The molecule has 0 unspecified atom stereocenters. The molecule has 2 N–H and O–H groups in total. The van der Waals surface area contributed by atoms with Gasteiger partial charge in [-0.1, -0.05) is 0 Å². The molecular formula is C14H15N3O4S. The second-order valence-electron chi connectivity index (χ2n) is 5.32. The number of aryl methyl sites for hydroxylation is 1. The molecule has 1 saturated heterocycles. The van der Waals surface area contributed by atoms with E-state index in [1.807, 2.05) is 0 Å². The van der Waals surface area contributed by atoms with Crippen LogP contribution in [0.5, 0.6) is 0 Å². The van der Waals surface area contributed by atoms with Crippen LogP contribution in [-0.4, -0.2) is 38.3 Å². The van der Waals surface area contributed by atoms with Crippen LogP contribution >= 0.6 is 12.2 Å². The van der Waals surface area contributed by atoms with Crippen LogP contribution < -0.4 is 5.56 Å². The van der Waals surface area contributed by atoms with Crippen LogP contribution in [0.15, 0.2) is 10.9 Å². The van der Waals surface area contributed by atoms with Gasteiger partial charge < -0.3 is 9.84 Å².